The van der Waals surface area contributed by atoms with Crippen LogP contribution in [0, 0.1) is 5.92 Å². The van der Waals surface area contributed by atoms with Crippen LogP contribution in [0.5, 0.6) is 0 Å². The number of benzene rings is 1. The van der Waals surface area contributed by atoms with E-state index in [1.54, 1.807) is 0 Å². The van der Waals surface area contributed by atoms with Crippen LogP contribution < -0.4 is 5.32 Å². The summed E-state index contributed by atoms with van der Waals surface area (Å²) in [6.45, 7) is 2.38. The molecule has 0 radical (unpaired) electrons. The van der Waals surface area contributed by atoms with E-state index in [1.165, 1.54) is 66.0 Å². The monoisotopic (exact) mass is 272 g/mol. The molecule has 2 aromatic rings. The molecule has 2 heterocycles. The van der Waals surface area contributed by atoms with Gasteiger partial charge in [-0.25, -0.2) is 4.98 Å². The zero-order valence-corrected chi connectivity index (χ0v) is 12.0. The Balaban J connectivity index is 1.56. The van der Waals surface area contributed by atoms with Crippen molar-refractivity contribution in [3.63, 3.8) is 0 Å². The van der Waals surface area contributed by atoms with E-state index in [4.69, 9.17) is 4.98 Å². The molecule has 0 spiro atoms. The fourth-order valence-electron chi connectivity index (χ4n) is 3.04. The first-order valence-corrected chi connectivity index (χ1v) is 8.30. The van der Waals surface area contributed by atoms with Crippen molar-refractivity contribution >= 4 is 21.6 Å². The largest absolute Gasteiger partial charge is 0.317 e. The van der Waals surface area contributed by atoms with Crippen LogP contribution in [0.1, 0.15) is 42.2 Å². The predicted octanol–water partition coefficient (Wildman–Crippen LogP) is 3.72. The predicted molar refractivity (Wildman–Crippen MR) is 80.9 cm³/mol. The molecule has 2 aliphatic rings. The summed E-state index contributed by atoms with van der Waals surface area (Å²) in [6, 6.07) is 6.94. The maximum Gasteiger partial charge on any atom is 0.0969 e. The lowest BCUT2D eigenvalue weighted by Crippen LogP contribution is -2.28. The number of hydrogen-bond donors (Lipinski definition) is 1. The molecule has 1 aromatic carbocycles. The summed E-state index contributed by atoms with van der Waals surface area (Å²) in [5, 5.41) is 4.81. The van der Waals surface area contributed by atoms with Crippen LogP contribution in [-0.2, 0) is 6.42 Å². The molecule has 1 aliphatic carbocycles. The summed E-state index contributed by atoms with van der Waals surface area (Å²) in [5.41, 5.74) is 2.71. The summed E-state index contributed by atoms with van der Waals surface area (Å²) in [6.07, 6.45) is 6.57. The van der Waals surface area contributed by atoms with Crippen molar-refractivity contribution < 1.29 is 0 Å². The molecular formula is C16H20N2S. The Kier molecular flexibility index (Phi) is 3.04. The van der Waals surface area contributed by atoms with Gasteiger partial charge in [-0.05, 0) is 68.8 Å². The van der Waals surface area contributed by atoms with Gasteiger partial charge in [-0.15, -0.1) is 11.3 Å². The fourth-order valence-corrected chi connectivity index (χ4v) is 4.16. The van der Waals surface area contributed by atoms with Gasteiger partial charge in [0.15, 0.2) is 0 Å². The molecule has 1 saturated carbocycles. The van der Waals surface area contributed by atoms with E-state index in [1.807, 2.05) is 11.3 Å². The van der Waals surface area contributed by atoms with Gasteiger partial charge in [-0.2, -0.15) is 0 Å². The van der Waals surface area contributed by atoms with Crippen LogP contribution in [0.25, 0.3) is 10.2 Å². The number of thiazole rings is 1. The summed E-state index contributed by atoms with van der Waals surface area (Å²) >= 11 is 1.90. The lowest BCUT2D eigenvalue weighted by molar-refractivity contribution is 0.373. The molecule has 0 unspecified atom stereocenters. The van der Waals surface area contributed by atoms with Crippen LogP contribution >= 0.6 is 11.3 Å². The summed E-state index contributed by atoms with van der Waals surface area (Å²) in [7, 11) is 0. The molecule has 1 N–H and O–H groups in total. The lowest BCUT2D eigenvalue weighted by Gasteiger charge is -2.22. The van der Waals surface area contributed by atoms with Crippen LogP contribution in [0.4, 0.5) is 0 Å². The first kappa shape index (κ1) is 11.9. The number of fused-ring (bicyclic) bond motifs is 1. The zero-order valence-electron chi connectivity index (χ0n) is 11.2. The molecule has 100 valence electrons. The Bertz CT molecular complexity index is 579. The maximum absolute atomic E-state index is 4.83. The Hall–Kier alpha value is -0.930. The zero-order chi connectivity index (χ0) is 12.7. The summed E-state index contributed by atoms with van der Waals surface area (Å²) < 4.78 is 1.37. The number of aromatic nitrogens is 1. The van der Waals surface area contributed by atoms with Crippen molar-refractivity contribution in [1.82, 2.24) is 10.3 Å². The Morgan fingerprint density at radius 3 is 2.79 bits per heavy atom. The molecule has 0 atom stereocenters. The van der Waals surface area contributed by atoms with Gasteiger partial charge in [0, 0.05) is 5.92 Å². The van der Waals surface area contributed by atoms with E-state index in [0.717, 1.165) is 11.8 Å². The molecule has 1 aromatic heterocycles. The van der Waals surface area contributed by atoms with Crippen LogP contribution in [0.3, 0.4) is 0 Å². The van der Waals surface area contributed by atoms with E-state index < -0.39 is 0 Å². The summed E-state index contributed by atoms with van der Waals surface area (Å²) in [5.74, 6) is 1.64. The second kappa shape index (κ2) is 4.88. The first-order valence-electron chi connectivity index (χ1n) is 7.48. The maximum atomic E-state index is 4.83. The van der Waals surface area contributed by atoms with Crippen molar-refractivity contribution in [2.75, 3.05) is 13.1 Å². The standard InChI is InChI=1S/C16H20N2S/c1-4-15-14(18-16(19-15)13-2-3-13)10-12(1)9-11-5-7-17-8-6-11/h1,4,10-11,13,17H,2-3,5-9H2. The molecule has 4 rings (SSSR count). The van der Waals surface area contributed by atoms with Gasteiger partial charge in [-0.1, -0.05) is 6.07 Å². The lowest BCUT2D eigenvalue weighted by atomic mass is 9.91. The molecule has 1 aliphatic heterocycles. The molecule has 2 fully saturated rings. The van der Waals surface area contributed by atoms with E-state index >= 15 is 0 Å². The normalized spacial score (nSPS) is 21.1. The minimum atomic E-state index is 0.783. The van der Waals surface area contributed by atoms with Crippen molar-refractivity contribution in [1.29, 1.82) is 0 Å². The van der Waals surface area contributed by atoms with Gasteiger partial charge in [-0.3, -0.25) is 0 Å². The van der Waals surface area contributed by atoms with Crippen LogP contribution in [0.15, 0.2) is 18.2 Å². The van der Waals surface area contributed by atoms with Crippen molar-refractivity contribution in [2.45, 2.75) is 38.0 Å². The second-order valence-corrected chi connectivity index (χ2v) is 7.09. The van der Waals surface area contributed by atoms with Crippen molar-refractivity contribution in [3.05, 3.63) is 28.8 Å². The number of hydrogen-bond acceptors (Lipinski definition) is 3. The van der Waals surface area contributed by atoms with Gasteiger partial charge in [0.05, 0.1) is 15.2 Å². The first-order chi connectivity index (χ1) is 9.38. The Morgan fingerprint density at radius 2 is 2.00 bits per heavy atom. The third-order valence-corrected chi connectivity index (χ3v) is 5.58. The second-order valence-electron chi connectivity index (χ2n) is 6.03. The highest BCUT2D eigenvalue weighted by Crippen LogP contribution is 2.43. The molecule has 1 saturated heterocycles. The molecule has 19 heavy (non-hydrogen) atoms. The molecule has 3 heteroatoms. The highest BCUT2D eigenvalue weighted by Gasteiger charge is 2.27. The quantitative estimate of drug-likeness (QED) is 0.921. The van der Waals surface area contributed by atoms with Gasteiger partial charge >= 0.3 is 0 Å². The van der Waals surface area contributed by atoms with Crippen molar-refractivity contribution in [2.24, 2.45) is 5.92 Å². The number of nitrogens with one attached hydrogen (secondary N) is 1. The SMILES string of the molecule is c1cc2sc(C3CC3)nc2cc1CC1CCNCC1. The van der Waals surface area contributed by atoms with Crippen LogP contribution in [-0.4, -0.2) is 18.1 Å². The Labute approximate surface area is 118 Å². The van der Waals surface area contributed by atoms with Gasteiger partial charge < -0.3 is 5.32 Å². The van der Waals surface area contributed by atoms with Crippen LogP contribution in [0.2, 0.25) is 0 Å². The van der Waals surface area contributed by atoms with E-state index in [-0.39, 0.29) is 0 Å². The molecular weight excluding hydrogens is 252 g/mol. The minimum Gasteiger partial charge on any atom is -0.317 e. The third-order valence-electron chi connectivity index (χ3n) is 4.38. The minimum absolute atomic E-state index is 0.783. The summed E-state index contributed by atoms with van der Waals surface area (Å²) in [4.78, 5) is 4.83. The Morgan fingerprint density at radius 1 is 1.16 bits per heavy atom. The number of rotatable bonds is 3. The topological polar surface area (TPSA) is 24.9 Å². The number of piperidine rings is 1. The van der Waals surface area contributed by atoms with E-state index in [9.17, 15) is 0 Å². The van der Waals surface area contributed by atoms with E-state index in [2.05, 4.69) is 23.5 Å². The molecule has 0 amide bonds. The molecule has 2 nitrogen and oxygen atoms in total. The van der Waals surface area contributed by atoms with Gasteiger partial charge in [0.25, 0.3) is 0 Å². The fraction of sp³-hybridized carbons (Fsp3) is 0.562. The third kappa shape index (κ3) is 2.54. The highest BCUT2D eigenvalue weighted by molar-refractivity contribution is 7.18. The van der Waals surface area contributed by atoms with Gasteiger partial charge in [0.2, 0.25) is 0 Å². The average Bonchev–Trinajstić information content (AvgIpc) is 3.20. The number of nitrogens with zero attached hydrogens (tertiary/aromatic N) is 1. The van der Waals surface area contributed by atoms with E-state index in [0.29, 0.717) is 0 Å². The molecule has 0 bridgehead atoms. The smallest absolute Gasteiger partial charge is 0.0969 e. The van der Waals surface area contributed by atoms with Crippen molar-refractivity contribution in [3.8, 4) is 0 Å². The highest BCUT2D eigenvalue weighted by atomic mass is 32.1. The average molecular weight is 272 g/mol. The van der Waals surface area contributed by atoms with Gasteiger partial charge in [0.1, 0.15) is 0 Å².